The quantitative estimate of drug-likeness (QED) is 0.695. The largest absolute Gasteiger partial charge is 0.486 e. The monoisotopic (exact) mass is 381 g/mol. The van der Waals surface area contributed by atoms with Gasteiger partial charge < -0.3 is 14.1 Å². The Kier molecular flexibility index (Phi) is 4.22. The van der Waals surface area contributed by atoms with Crippen LogP contribution in [0, 0.1) is 6.92 Å². The lowest BCUT2D eigenvalue weighted by Crippen LogP contribution is -2.43. The fraction of sp³-hybridized carbons (Fsp3) is 0.565. The summed E-state index contributed by atoms with van der Waals surface area (Å²) in [5.74, 6) is 1.09. The van der Waals surface area contributed by atoms with Gasteiger partial charge >= 0.3 is 0 Å². The van der Waals surface area contributed by atoms with Gasteiger partial charge in [0.05, 0.1) is 12.0 Å². The SMILES string of the molecule is Cc1c(C(=O)N2CCCCC2)oc2ccc3c(c12)C(=O)CC1(CCCCC1)O3. The molecule has 0 radical (unpaired) electrons. The van der Waals surface area contributed by atoms with Gasteiger partial charge in [-0.2, -0.15) is 0 Å². The average Bonchev–Trinajstić information content (AvgIpc) is 3.05. The van der Waals surface area contributed by atoms with Gasteiger partial charge in [0.1, 0.15) is 16.9 Å². The molecule has 148 valence electrons. The van der Waals surface area contributed by atoms with Gasteiger partial charge in [-0.25, -0.2) is 0 Å². The third kappa shape index (κ3) is 2.75. The Bertz CT molecular complexity index is 945. The number of aryl methyl sites for hydroxylation is 1. The molecule has 2 fully saturated rings. The molecule has 2 aliphatic heterocycles. The summed E-state index contributed by atoms with van der Waals surface area (Å²) in [5.41, 5.74) is 1.64. The van der Waals surface area contributed by atoms with Crippen molar-refractivity contribution in [2.45, 2.75) is 70.3 Å². The number of piperidine rings is 1. The zero-order chi connectivity index (χ0) is 19.3. The Morgan fingerprint density at radius 1 is 1.04 bits per heavy atom. The summed E-state index contributed by atoms with van der Waals surface area (Å²) in [4.78, 5) is 28.1. The maximum atomic E-state index is 13.2. The van der Waals surface area contributed by atoms with Crippen molar-refractivity contribution in [3.05, 3.63) is 29.0 Å². The minimum absolute atomic E-state index is 0.0601. The number of carbonyl (C=O) groups excluding carboxylic acids is 2. The highest BCUT2D eigenvalue weighted by atomic mass is 16.5. The first-order valence-corrected chi connectivity index (χ1v) is 10.7. The molecule has 5 heteroatoms. The van der Waals surface area contributed by atoms with Crippen LogP contribution in [0.4, 0.5) is 0 Å². The van der Waals surface area contributed by atoms with Crippen LogP contribution < -0.4 is 4.74 Å². The summed E-state index contributed by atoms with van der Waals surface area (Å²) in [5, 5.41) is 0.758. The maximum Gasteiger partial charge on any atom is 0.289 e. The zero-order valence-electron chi connectivity index (χ0n) is 16.5. The van der Waals surface area contributed by atoms with Crippen molar-refractivity contribution < 1.29 is 18.7 Å². The number of hydrogen-bond donors (Lipinski definition) is 0. The Morgan fingerprint density at radius 2 is 1.75 bits per heavy atom. The zero-order valence-corrected chi connectivity index (χ0v) is 16.5. The van der Waals surface area contributed by atoms with E-state index in [1.165, 1.54) is 12.8 Å². The summed E-state index contributed by atoms with van der Waals surface area (Å²) in [6.07, 6.45) is 9.01. The number of benzene rings is 1. The van der Waals surface area contributed by atoms with Crippen LogP contribution in [0.3, 0.4) is 0 Å². The fourth-order valence-electron chi connectivity index (χ4n) is 5.25. The van der Waals surface area contributed by atoms with Crippen LogP contribution in [0.1, 0.15) is 84.3 Å². The lowest BCUT2D eigenvalue weighted by molar-refractivity contribution is 0.0139. The van der Waals surface area contributed by atoms with E-state index in [9.17, 15) is 9.59 Å². The normalized spacial score (nSPS) is 21.6. The van der Waals surface area contributed by atoms with E-state index in [0.29, 0.717) is 29.1 Å². The predicted molar refractivity (Wildman–Crippen MR) is 106 cm³/mol. The molecule has 0 unspecified atom stereocenters. The molecule has 1 aromatic carbocycles. The number of likely N-dealkylation sites (tertiary alicyclic amines) is 1. The van der Waals surface area contributed by atoms with Gasteiger partial charge in [-0.1, -0.05) is 6.42 Å². The van der Waals surface area contributed by atoms with E-state index in [-0.39, 0.29) is 17.3 Å². The molecule has 3 heterocycles. The molecule has 3 aliphatic rings. The molecule has 1 aromatic heterocycles. The van der Waals surface area contributed by atoms with E-state index < -0.39 is 0 Å². The molecule has 1 saturated carbocycles. The topological polar surface area (TPSA) is 59.8 Å². The second-order valence-electron chi connectivity index (χ2n) is 8.67. The summed E-state index contributed by atoms with van der Waals surface area (Å²) in [6.45, 7) is 3.44. The molecular formula is C23H27NO4. The number of Topliss-reactive ketones (excluding diaryl/α,β-unsaturated/α-hetero) is 1. The van der Waals surface area contributed by atoms with Crippen LogP contribution in [-0.4, -0.2) is 35.3 Å². The highest BCUT2D eigenvalue weighted by Gasteiger charge is 2.42. The predicted octanol–water partition coefficient (Wildman–Crippen LogP) is 5.04. The van der Waals surface area contributed by atoms with E-state index in [0.717, 1.165) is 62.6 Å². The average molecular weight is 381 g/mol. The third-order valence-electron chi connectivity index (χ3n) is 6.75. The first-order valence-electron chi connectivity index (χ1n) is 10.7. The number of ketones is 1. The Balaban J connectivity index is 1.56. The number of nitrogens with zero attached hydrogens (tertiary/aromatic N) is 1. The first kappa shape index (κ1) is 17.8. The number of furan rings is 1. The second-order valence-corrected chi connectivity index (χ2v) is 8.67. The van der Waals surface area contributed by atoms with Gasteiger partial charge in [0.2, 0.25) is 0 Å². The minimum atomic E-state index is -0.333. The van der Waals surface area contributed by atoms with Crippen LogP contribution in [-0.2, 0) is 0 Å². The van der Waals surface area contributed by atoms with E-state index in [1.54, 1.807) is 0 Å². The van der Waals surface area contributed by atoms with Crippen molar-refractivity contribution >= 4 is 22.7 Å². The highest BCUT2D eigenvalue weighted by molar-refractivity contribution is 6.13. The van der Waals surface area contributed by atoms with Gasteiger partial charge in [0, 0.05) is 24.0 Å². The van der Waals surface area contributed by atoms with Crippen LogP contribution >= 0.6 is 0 Å². The number of ether oxygens (including phenoxy) is 1. The molecule has 28 heavy (non-hydrogen) atoms. The molecular weight excluding hydrogens is 354 g/mol. The number of amides is 1. The first-order chi connectivity index (χ1) is 13.6. The Morgan fingerprint density at radius 3 is 2.50 bits per heavy atom. The van der Waals surface area contributed by atoms with Crippen LogP contribution in [0.25, 0.3) is 11.0 Å². The number of fused-ring (bicyclic) bond motifs is 3. The van der Waals surface area contributed by atoms with Crippen molar-refractivity contribution in [3.8, 4) is 5.75 Å². The molecule has 0 bridgehead atoms. The van der Waals surface area contributed by atoms with Gasteiger partial charge in [0.15, 0.2) is 11.5 Å². The van der Waals surface area contributed by atoms with Crippen LogP contribution in [0.15, 0.2) is 16.5 Å². The lowest BCUT2D eigenvalue weighted by atomic mass is 9.78. The van der Waals surface area contributed by atoms with Gasteiger partial charge in [-0.3, -0.25) is 9.59 Å². The van der Waals surface area contributed by atoms with Crippen LogP contribution in [0.2, 0.25) is 0 Å². The van der Waals surface area contributed by atoms with Crippen LogP contribution in [0.5, 0.6) is 5.75 Å². The maximum absolute atomic E-state index is 13.2. The molecule has 2 aromatic rings. The lowest BCUT2D eigenvalue weighted by Gasteiger charge is -2.40. The molecule has 1 saturated heterocycles. The van der Waals surface area contributed by atoms with E-state index in [2.05, 4.69) is 0 Å². The van der Waals surface area contributed by atoms with Gasteiger partial charge in [-0.05, 0) is 64.0 Å². The minimum Gasteiger partial charge on any atom is -0.486 e. The number of rotatable bonds is 1. The van der Waals surface area contributed by atoms with Gasteiger partial charge in [-0.15, -0.1) is 0 Å². The smallest absolute Gasteiger partial charge is 0.289 e. The van der Waals surface area contributed by atoms with Crippen molar-refractivity contribution in [2.24, 2.45) is 0 Å². The molecule has 1 spiro atoms. The van der Waals surface area contributed by atoms with E-state index >= 15 is 0 Å². The molecule has 1 aliphatic carbocycles. The molecule has 0 atom stereocenters. The fourth-order valence-corrected chi connectivity index (χ4v) is 5.25. The highest BCUT2D eigenvalue weighted by Crippen LogP contribution is 2.45. The summed E-state index contributed by atoms with van der Waals surface area (Å²) in [6, 6.07) is 3.70. The number of carbonyl (C=O) groups is 2. The Hall–Kier alpha value is -2.30. The van der Waals surface area contributed by atoms with Crippen molar-refractivity contribution in [3.63, 3.8) is 0 Å². The standard InChI is InChI=1S/C23H27NO4/c1-15-19-17(27-21(15)22(26)24-12-6-3-7-13-24)8-9-18-20(19)16(25)14-23(28-18)10-4-2-5-11-23/h8-9H,2-7,10-14H2,1H3. The molecule has 1 amide bonds. The van der Waals surface area contributed by atoms with Crippen molar-refractivity contribution in [2.75, 3.05) is 13.1 Å². The van der Waals surface area contributed by atoms with Crippen molar-refractivity contribution in [1.82, 2.24) is 4.90 Å². The van der Waals surface area contributed by atoms with E-state index in [4.69, 9.17) is 9.15 Å². The summed E-state index contributed by atoms with van der Waals surface area (Å²) in [7, 11) is 0. The van der Waals surface area contributed by atoms with Crippen molar-refractivity contribution in [1.29, 1.82) is 0 Å². The third-order valence-corrected chi connectivity index (χ3v) is 6.75. The summed E-state index contributed by atoms with van der Waals surface area (Å²) >= 11 is 0. The molecule has 5 rings (SSSR count). The molecule has 5 nitrogen and oxygen atoms in total. The van der Waals surface area contributed by atoms with E-state index in [1.807, 2.05) is 24.0 Å². The Labute approximate surface area is 165 Å². The van der Waals surface area contributed by atoms with Gasteiger partial charge in [0.25, 0.3) is 5.91 Å². The summed E-state index contributed by atoms with van der Waals surface area (Å²) < 4.78 is 12.4. The second kappa shape index (κ2) is 6.64. The molecule has 0 N–H and O–H groups in total. The number of hydrogen-bond acceptors (Lipinski definition) is 4.